The van der Waals surface area contributed by atoms with E-state index in [1.165, 1.54) is 6.42 Å². The van der Waals surface area contributed by atoms with Crippen molar-refractivity contribution in [1.82, 2.24) is 10.6 Å². The number of carbonyl (C=O) groups excluding carboxylic acids is 1. The lowest BCUT2D eigenvalue weighted by Crippen LogP contribution is -2.44. The molecule has 0 aromatic rings. The van der Waals surface area contributed by atoms with Gasteiger partial charge in [-0.25, -0.2) is 0 Å². The average Bonchev–Trinajstić information content (AvgIpc) is 2.38. The normalized spacial score (nSPS) is 18.6. The SMILES string of the molecule is C=CCNCC(=O)NCC1(CO)CCCCC1. The van der Waals surface area contributed by atoms with Crippen molar-refractivity contribution in [2.24, 2.45) is 5.41 Å². The van der Waals surface area contributed by atoms with Gasteiger partial charge in [0, 0.05) is 18.5 Å². The van der Waals surface area contributed by atoms with Gasteiger partial charge in [0.2, 0.25) is 5.91 Å². The predicted octanol–water partition coefficient (Wildman–Crippen LogP) is 0.821. The van der Waals surface area contributed by atoms with Crippen molar-refractivity contribution >= 4 is 5.91 Å². The molecule has 0 atom stereocenters. The molecule has 1 aliphatic rings. The largest absolute Gasteiger partial charge is 0.396 e. The van der Waals surface area contributed by atoms with E-state index in [0.29, 0.717) is 19.6 Å². The average molecular weight is 240 g/mol. The van der Waals surface area contributed by atoms with E-state index in [9.17, 15) is 9.90 Å². The zero-order valence-electron chi connectivity index (χ0n) is 10.5. The van der Waals surface area contributed by atoms with E-state index in [2.05, 4.69) is 17.2 Å². The van der Waals surface area contributed by atoms with Crippen molar-refractivity contribution in [3.8, 4) is 0 Å². The van der Waals surface area contributed by atoms with Crippen molar-refractivity contribution in [2.75, 3.05) is 26.2 Å². The van der Waals surface area contributed by atoms with Crippen molar-refractivity contribution < 1.29 is 9.90 Å². The van der Waals surface area contributed by atoms with Crippen LogP contribution in [0, 0.1) is 5.41 Å². The second-order valence-corrected chi connectivity index (χ2v) is 4.92. The molecule has 0 aromatic carbocycles. The molecule has 0 aliphatic heterocycles. The molecule has 0 unspecified atom stereocenters. The van der Waals surface area contributed by atoms with Crippen LogP contribution < -0.4 is 10.6 Å². The number of hydrogen-bond donors (Lipinski definition) is 3. The Morgan fingerprint density at radius 3 is 2.65 bits per heavy atom. The maximum Gasteiger partial charge on any atom is 0.233 e. The first-order valence-corrected chi connectivity index (χ1v) is 6.42. The van der Waals surface area contributed by atoms with Crippen LogP contribution in [0.3, 0.4) is 0 Å². The van der Waals surface area contributed by atoms with Crippen LogP contribution in [0.1, 0.15) is 32.1 Å². The highest BCUT2D eigenvalue weighted by Gasteiger charge is 2.31. The molecule has 1 amide bonds. The summed E-state index contributed by atoms with van der Waals surface area (Å²) >= 11 is 0. The Bertz CT molecular complexity index is 248. The molecule has 98 valence electrons. The molecular weight excluding hydrogens is 216 g/mol. The molecule has 17 heavy (non-hydrogen) atoms. The van der Waals surface area contributed by atoms with Gasteiger partial charge in [0.15, 0.2) is 0 Å². The van der Waals surface area contributed by atoms with Crippen LogP contribution in [0.4, 0.5) is 0 Å². The van der Waals surface area contributed by atoms with E-state index in [1.807, 2.05) is 0 Å². The predicted molar refractivity (Wildman–Crippen MR) is 68.7 cm³/mol. The number of hydrogen-bond acceptors (Lipinski definition) is 3. The molecule has 0 radical (unpaired) electrons. The van der Waals surface area contributed by atoms with Gasteiger partial charge in [-0.15, -0.1) is 6.58 Å². The van der Waals surface area contributed by atoms with Crippen molar-refractivity contribution in [3.63, 3.8) is 0 Å². The molecule has 1 fully saturated rings. The van der Waals surface area contributed by atoms with Crippen LogP contribution in [-0.2, 0) is 4.79 Å². The summed E-state index contributed by atoms with van der Waals surface area (Å²) in [4.78, 5) is 11.5. The number of carbonyl (C=O) groups is 1. The highest BCUT2D eigenvalue weighted by molar-refractivity contribution is 5.78. The van der Waals surface area contributed by atoms with E-state index in [4.69, 9.17) is 0 Å². The minimum Gasteiger partial charge on any atom is -0.396 e. The Labute approximate surface area is 103 Å². The molecule has 3 N–H and O–H groups in total. The fraction of sp³-hybridized carbons (Fsp3) is 0.769. The first kappa shape index (κ1) is 14.2. The Morgan fingerprint density at radius 2 is 2.06 bits per heavy atom. The lowest BCUT2D eigenvalue weighted by atomic mass is 9.74. The van der Waals surface area contributed by atoms with Crippen LogP contribution in [0.5, 0.6) is 0 Å². The van der Waals surface area contributed by atoms with E-state index < -0.39 is 0 Å². The Hall–Kier alpha value is -0.870. The second-order valence-electron chi connectivity index (χ2n) is 4.92. The summed E-state index contributed by atoms with van der Waals surface area (Å²) < 4.78 is 0. The van der Waals surface area contributed by atoms with Gasteiger partial charge in [-0.1, -0.05) is 25.3 Å². The smallest absolute Gasteiger partial charge is 0.233 e. The van der Waals surface area contributed by atoms with Crippen LogP contribution >= 0.6 is 0 Å². The fourth-order valence-electron chi connectivity index (χ4n) is 2.33. The number of amides is 1. The molecule has 0 bridgehead atoms. The quantitative estimate of drug-likeness (QED) is 0.456. The standard InChI is InChI=1S/C13H24N2O2/c1-2-8-14-9-12(17)15-10-13(11-16)6-4-3-5-7-13/h2,14,16H,1,3-11H2,(H,15,17). The lowest BCUT2D eigenvalue weighted by molar-refractivity contribution is -0.121. The molecule has 4 nitrogen and oxygen atoms in total. The Kier molecular flexibility index (Phi) is 6.22. The molecule has 1 saturated carbocycles. The van der Waals surface area contributed by atoms with Gasteiger partial charge in [-0.05, 0) is 12.8 Å². The minimum atomic E-state index is -0.0770. The molecular formula is C13H24N2O2. The zero-order chi connectivity index (χ0) is 12.6. The summed E-state index contributed by atoms with van der Waals surface area (Å²) in [5, 5.41) is 15.4. The Morgan fingerprint density at radius 1 is 1.35 bits per heavy atom. The maximum absolute atomic E-state index is 11.5. The number of aliphatic hydroxyl groups is 1. The van der Waals surface area contributed by atoms with Gasteiger partial charge < -0.3 is 15.7 Å². The van der Waals surface area contributed by atoms with Gasteiger partial charge in [0.05, 0.1) is 13.2 Å². The second kappa shape index (κ2) is 7.45. The van der Waals surface area contributed by atoms with Gasteiger partial charge in [0.1, 0.15) is 0 Å². The van der Waals surface area contributed by atoms with Crippen LogP contribution in [0.2, 0.25) is 0 Å². The molecule has 0 aromatic heterocycles. The summed E-state index contributed by atoms with van der Waals surface area (Å²) in [6.45, 7) is 5.29. The van der Waals surface area contributed by atoms with Crippen LogP contribution in [-0.4, -0.2) is 37.3 Å². The molecule has 1 rings (SSSR count). The van der Waals surface area contributed by atoms with E-state index >= 15 is 0 Å². The van der Waals surface area contributed by atoms with E-state index in [1.54, 1.807) is 6.08 Å². The molecule has 1 aliphatic carbocycles. The third-order valence-corrected chi connectivity index (χ3v) is 3.48. The summed E-state index contributed by atoms with van der Waals surface area (Å²) in [5.74, 6) is -0.00903. The minimum absolute atomic E-state index is 0.00903. The van der Waals surface area contributed by atoms with Gasteiger partial charge >= 0.3 is 0 Å². The monoisotopic (exact) mass is 240 g/mol. The summed E-state index contributed by atoms with van der Waals surface area (Å²) in [5.41, 5.74) is -0.0770. The van der Waals surface area contributed by atoms with Gasteiger partial charge in [-0.2, -0.15) is 0 Å². The van der Waals surface area contributed by atoms with E-state index in [0.717, 1.165) is 25.7 Å². The summed E-state index contributed by atoms with van der Waals surface area (Å²) in [7, 11) is 0. The number of rotatable bonds is 7. The van der Waals surface area contributed by atoms with Crippen molar-refractivity contribution in [3.05, 3.63) is 12.7 Å². The fourth-order valence-corrected chi connectivity index (χ4v) is 2.33. The highest BCUT2D eigenvalue weighted by Crippen LogP contribution is 2.35. The van der Waals surface area contributed by atoms with Gasteiger partial charge in [-0.3, -0.25) is 4.79 Å². The molecule has 0 heterocycles. The highest BCUT2D eigenvalue weighted by atomic mass is 16.3. The lowest BCUT2D eigenvalue weighted by Gasteiger charge is -2.35. The first-order chi connectivity index (χ1) is 8.22. The third kappa shape index (κ3) is 4.88. The van der Waals surface area contributed by atoms with Crippen LogP contribution in [0.25, 0.3) is 0 Å². The van der Waals surface area contributed by atoms with E-state index in [-0.39, 0.29) is 17.9 Å². The summed E-state index contributed by atoms with van der Waals surface area (Å²) in [6.07, 6.45) is 7.32. The topological polar surface area (TPSA) is 61.4 Å². The van der Waals surface area contributed by atoms with Crippen molar-refractivity contribution in [2.45, 2.75) is 32.1 Å². The maximum atomic E-state index is 11.5. The Balaban J connectivity index is 2.26. The summed E-state index contributed by atoms with van der Waals surface area (Å²) in [6, 6.07) is 0. The third-order valence-electron chi connectivity index (χ3n) is 3.48. The number of aliphatic hydroxyl groups excluding tert-OH is 1. The van der Waals surface area contributed by atoms with Crippen molar-refractivity contribution in [1.29, 1.82) is 0 Å². The zero-order valence-corrected chi connectivity index (χ0v) is 10.5. The van der Waals surface area contributed by atoms with Crippen LogP contribution in [0.15, 0.2) is 12.7 Å². The van der Waals surface area contributed by atoms with Gasteiger partial charge in [0.25, 0.3) is 0 Å². The number of nitrogens with one attached hydrogen (secondary N) is 2. The first-order valence-electron chi connectivity index (χ1n) is 6.42. The molecule has 0 saturated heterocycles. The molecule has 4 heteroatoms. The molecule has 0 spiro atoms.